The number of hydrogen-bond acceptors (Lipinski definition) is 3. The molecule has 7 heteroatoms. The Hall–Kier alpha value is -2.28. The predicted octanol–water partition coefficient (Wildman–Crippen LogP) is 5.63. The van der Waals surface area contributed by atoms with Gasteiger partial charge in [0.15, 0.2) is 5.82 Å². The summed E-state index contributed by atoms with van der Waals surface area (Å²) < 4.78 is 18.8. The van der Waals surface area contributed by atoms with Gasteiger partial charge in [-0.25, -0.2) is 4.39 Å². The standard InChI is InChI=1S/C22H21ClFN3OS/c1-3-26-13-16(12-25-26)27-14(2)22(18-7-8-19(23)20(24)21(18)27)29-17-6-4-5-15(11-17)9-10-28/h4-8,11-13,28H,3,9-10H2,1-2H3. The molecule has 0 aliphatic carbocycles. The van der Waals surface area contributed by atoms with Gasteiger partial charge in [0.2, 0.25) is 0 Å². The van der Waals surface area contributed by atoms with E-state index in [2.05, 4.69) is 11.2 Å². The number of aromatic nitrogens is 3. The first-order valence-electron chi connectivity index (χ1n) is 9.43. The lowest BCUT2D eigenvalue weighted by atomic mass is 10.2. The number of benzene rings is 2. The SMILES string of the molecule is CCn1cc(-n2c(C)c(Sc3cccc(CCO)c3)c3ccc(Cl)c(F)c32)cn1. The lowest BCUT2D eigenvalue weighted by Gasteiger charge is -2.07. The van der Waals surface area contributed by atoms with E-state index >= 15 is 4.39 Å². The van der Waals surface area contributed by atoms with E-state index in [1.807, 2.05) is 53.6 Å². The summed E-state index contributed by atoms with van der Waals surface area (Å²) in [5.74, 6) is -0.433. The molecule has 0 spiro atoms. The molecular formula is C22H21ClFN3OS. The Morgan fingerprint density at radius 3 is 2.79 bits per heavy atom. The molecule has 0 amide bonds. The Bertz CT molecular complexity index is 1180. The van der Waals surface area contributed by atoms with Gasteiger partial charge >= 0.3 is 0 Å². The summed E-state index contributed by atoms with van der Waals surface area (Å²) in [5.41, 5.74) is 3.25. The van der Waals surface area contributed by atoms with Crippen LogP contribution in [0.5, 0.6) is 0 Å². The Morgan fingerprint density at radius 2 is 2.07 bits per heavy atom. The monoisotopic (exact) mass is 429 g/mol. The van der Waals surface area contributed by atoms with Gasteiger partial charge in [-0.2, -0.15) is 5.10 Å². The fourth-order valence-electron chi connectivity index (χ4n) is 3.51. The minimum Gasteiger partial charge on any atom is -0.396 e. The molecule has 2 aromatic heterocycles. The zero-order valence-corrected chi connectivity index (χ0v) is 17.8. The van der Waals surface area contributed by atoms with Crippen LogP contribution in [-0.2, 0) is 13.0 Å². The third kappa shape index (κ3) is 3.68. The van der Waals surface area contributed by atoms with E-state index in [0.717, 1.165) is 38.7 Å². The molecule has 0 bridgehead atoms. The molecular weight excluding hydrogens is 409 g/mol. The summed E-state index contributed by atoms with van der Waals surface area (Å²) in [6.45, 7) is 4.84. The van der Waals surface area contributed by atoms with Crippen molar-refractivity contribution < 1.29 is 9.50 Å². The van der Waals surface area contributed by atoms with Gasteiger partial charge in [-0.3, -0.25) is 4.68 Å². The molecule has 0 saturated carbocycles. The minimum atomic E-state index is -0.433. The minimum absolute atomic E-state index is 0.0978. The first kappa shape index (κ1) is 20.0. The third-order valence-corrected chi connectivity index (χ3v) is 6.42. The van der Waals surface area contributed by atoms with Gasteiger partial charge in [0.1, 0.15) is 0 Å². The number of aliphatic hydroxyl groups excluding tert-OH is 1. The smallest absolute Gasteiger partial charge is 0.166 e. The molecule has 0 fully saturated rings. The molecule has 4 nitrogen and oxygen atoms in total. The van der Waals surface area contributed by atoms with Gasteiger partial charge in [0.25, 0.3) is 0 Å². The van der Waals surface area contributed by atoms with E-state index < -0.39 is 5.82 Å². The molecule has 1 N–H and O–H groups in total. The maximum Gasteiger partial charge on any atom is 0.166 e. The zero-order chi connectivity index (χ0) is 20.5. The summed E-state index contributed by atoms with van der Waals surface area (Å²) in [5, 5.41) is 14.5. The number of aliphatic hydroxyl groups is 1. The van der Waals surface area contributed by atoms with Crippen molar-refractivity contribution in [1.82, 2.24) is 14.3 Å². The molecule has 2 heterocycles. The average molecular weight is 430 g/mol. The molecule has 0 aliphatic heterocycles. The molecule has 2 aromatic carbocycles. The van der Waals surface area contributed by atoms with Crippen molar-refractivity contribution in [2.45, 2.75) is 36.6 Å². The lowest BCUT2D eigenvalue weighted by molar-refractivity contribution is 0.299. The summed E-state index contributed by atoms with van der Waals surface area (Å²) in [7, 11) is 0. The summed E-state index contributed by atoms with van der Waals surface area (Å²) in [4.78, 5) is 2.01. The Kier molecular flexibility index (Phi) is 5.67. The van der Waals surface area contributed by atoms with E-state index in [1.54, 1.807) is 24.0 Å². The number of hydrogen-bond donors (Lipinski definition) is 1. The van der Waals surface area contributed by atoms with Crippen molar-refractivity contribution in [3.8, 4) is 5.69 Å². The number of aryl methyl sites for hydroxylation is 1. The molecule has 150 valence electrons. The maximum atomic E-state index is 15.1. The van der Waals surface area contributed by atoms with Crippen molar-refractivity contribution >= 4 is 34.3 Å². The zero-order valence-electron chi connectivity index (χ0n) is 16.2. The largest absolute Gasteiger partial charge is 0.396 e. The van der Waals surface area contributed by atoms with Gasteiger partial charge < -0.3 is 9.67 Å². The van der Waals surface area contributed by atoms with Crippen LogP contribution in [0.2, 0.25) is 5.02 Å². The van der Waals surface area contributed by atoms with E-state index in [-0.39, 0.29) is 11.6 Å². The van der Waals surface area contributed by atoms with Crippen LogP contribution in [0.1, 0.15) is 18.2 Å². The second-order valence-electron chi connectivity index (χ2n) is 6.78. The van der Waals surface area contributed by atoms with Crippen LogP contribution in [0.3, 0.4) is 0 Å². The van der Waals surface area contributed by atoms with Crippen molar-refractivity contribution in [1.29, 1.82) is 0 Å². The first-order chi connectivity index (χ1) is 14.0. The number of fused-ring (bicyclic) bond motifs is 1. The van der Waals surface area contributed by atoms with Crippen molar-refractivity contribution in [2.24, 2.45) is 0 Å². The van der Waals surface area contributed by atoms with E-state index in [4.69, 9.17) is 11.6 Å². The Balaban J connectivity index is 1.90. The van der Waals surface area contributed by atoms with Gasteiger partial charge in [-0.1, -0.05) is 35.5 Å². The summed E-state index contributed by atoms with van der Waals surface area (Å²) in [6.07, 6.45) is 4.26. The van der Waals surface area contributed by atoms with Gasteiger partial charge in [-0.15, -0.1) is 0 Å². The van der Waals surface area contributed by atoms with Crippen LogP contribution in [-0.4, -0.2) is 26.1 Å². The quantitative estimate of drug-likeness (QED) is 0.431. The first-order valence-corrected chi connectivity index (χ1v) is 10.6. The summed E-state index contributed by atoms with van der Waals surface area (Å²) in [6, 6.07) is 11.5. The van der Waals surface area contributed by atoms with Gasteiger partial charge in [0.05, 0.1) is 22.4 Å². The van der Waals surface area contributed by atoms with E-state index in [0.29, 0.717) is 11.9 Å². The number of nitrogens with zero attached hydrogens (tertiary/aromatic N) is 3. The lowest BCUT2D eigenvalue weighted by Crippen LogP contribution is -1.98. The topological polar surface area (TPSA) is 43.0 Å². The highest BCUT2D eigenvalue weighted by Crippen LogP contribution is 2.41. The maximum absolute atomic E-state index is 15.1. The van der Waals surface area contributed by atoms with Crippen LogP contribution >= 0.6 is 23.4 Å². The highest BCUT2D eigenvalue weighted by atomic mass is 35.5. The molecule has 0 atom stereocenters. The van der Waals surface area contributed by atoms with Crippen LogP contribution in [0.15, 0.2) is 58.6 Å². The van der Waals surface area contributed by atoms with Crippen LogP contribution < -0.4 is 0 Å². The second-order valence-corrected chi connectivity index (χ2v) is 8.28. The van der Waals surface area contributed by atoms with Crippen LogP contribution in [0.4, 0.5) is 4.39 Å². The molecule has 29 heavy (non-hydrogen) atoms. The Morgan fingerprint density at radius 1 is 1.24 bits per heavy atom. The van der Waals surface area contributed by atoms with E-state index in [9.17, 15) is 5.11 Å². The van der Waals surface area contributed by atoms with Gasteiger partial charge in [-0.05, 0) is 50.1 Å². The molecule has 4 rings (SSSR count). The van der Waals surface area contributed by atoms with Crippen LogP contribution in [0, 0.1) is 12.7 Å². The van der Waals surface area contributed by atoms with Crippen LogP contribution in [0.25, 0.3) is 16.6 Å². The molecule has 0 saturated heterocycles. The van der Waals surface area contributed by atoms with Crippen molar-refractivity contribution in [3.05, 3.63) is 70.9 Å². The predicted molar refractivity (Wildman–Crippen MR) is 116 cm³/mol. The second kappa shape index (κ2) is 8.22. The molecule has 4 aromatic rings. The molecule has 0 radical (unpaired) electrons. The highest BCUT2D eigenvalue weighted by Gasteiger charge is 2.21. The molecule has 0 unspecified atom stereocenters. The van der Waals surface area contributed by atoms with Gasteiger partial charge in [0, 0.05) is 40.2 Å². The summed E-state index contributed by atoms with van der Waals surface area (Å²) >= 11 is 7.70. The molecule has 0 aliphatic rings. The fraction of sp³-hybridized carbons (Fsp3) is 0.227. The van der Waals surface area contributed by atoms with Crippen molar-refractivity contribution in [3.63, 3.8) is 0 Å². The normalized spacial score (nSPS) is 11.5. The van der Waals surface area contributed by atoms with E-state index in [1.165, 1.54) is 0 Å². The van der Waals surface area contributed by atoms with Crippen molar-refractivity contribution in [2.75, 3.05) is 6.61 Å². The number of rotatable bonds is 6. The number of halogens is 2. The third-order valence-electron chi connectivity index (χ3n) is 4.92. The fourth-order valence-corrected chi connectivity index (χ4v) is 4.77. The Labute approximate surface area is 177 Å². The highest BCUT2D eigenvalue weighted by molar-refractivity contribution is 7.99. The average Bonchev–Trinajstić information content (AvgIpc) is 3.29.